The van der Waals surface area contributed by atoms with E-state index in [0.717, 1.165) is 12.8 Å². The van der Waals surface area contributed by atoms with Crippen LogP contribution < -0.4 is 0 Å². The Morgan fingerprint density at radius 2 is 1.08 bits per heavy atom. The van der Waals surface area contributed by atoms with Crippen LogP contribution in [-0.2, 0) is 11.8 Å². The third-order valence-corrected chi connectivity index (χ3v) is 13.2. The molecule has 0 aromatic heterocycles. The van der Waals surface area contributed by atoms with Crippen molar-refractivity contribution in [2.75, 3.05) is 0 Å². The van der Waals surface area contributed by atoms with E-state index < -0.39 is 0 Å². The molecule has 1 aliphatic rings. The molecule has 0 heteroatoms. The predicted molar refractivity (Wildman–Crippen MR) is 277 cm³/mol. The fourth-order valence-electron chi connectivity index (χ4n) is 9.86. The minimum atomic E-state index is 0.00827. The van der Waals surface area contributed by atoms with Gasteiger partial charge in [-0.1, -0.05) is 217 Å². The summed E-state index contributed by atoms with van der Waals surface area (Å²) in [5.41, 5.74) is 25.5. The first-order valence-electron chi connectivity index (χ1n) is 23.2. The maximum absolute atomic E-state index is 4.06. The summed E-state index contributed by atoms with van der Waals surface area (Å²) < 4.78 is 0. The summed E-state index contributed by atoms with van der Waals surface area (Å²) in [7, 11) is 0. The minimum absolute atomic E-state index is 0.00827. The molecular weight excluding hydrogens is 757 g/mol. The molecule has 1 atom stereocenters. The molecule has 0 radical (unpaired) electrons. The summed E-state index contributed by atoms with van der Waals surface area (Å²) in [4.78, 5) is 0. The first-order valence-corrected chi connectivity index (χ1v) is 23.2. The topological polar surface area (TPSA) is 0 Å². The van der Waals surface area contributed by atoms with E-state index in [9.17, 15) is 0 Å². The van der Waals surface area contributed by atoms with E-state index in [4.69, 9.17) is 0 Å². The molecule has 0 heterocycles. The molecule has 0 saturated carbocycles. The number of aryl methyl sites for hydroxylation is 6. The Labute approximate surface area is 379 Å². The van der Waals surface area contributed by atoms with Gasteiger partial charge in [0.05, 0.1) is 0 Å². The molecule has 0 nitrogen and oxygen atoms in total. The van der Waals surface area contributed by atoms with Crippen LogP contribution in [0.3, 0.4) is 0 Å². The van der Waals surface area contributed by atoms with Gasteiger partial charge in [0.25, 0.3) is 0 Å². The molecule has 1 aliphatic carbocycles. The minimum Gasteiger partial charge on any atom is -0.0984 e. The third kappa shape index (κ3) is 8.87. The van der Waals surface area contributed by atoms with Crippen LogP contribution in [0.1, 0.15) is 115 Å². The second kappa shape index (κ2) is 19.0. The van der Waals surface area contributed by atoms with Crippen molar-refractivity contribution in [3.63, 3.8) is 0 Å². The first-order chi connectivity index (χ1) is 30.4. The second-order valence-electron chi connectivity index (χ2n) is 18.0. The fourth-order valence-corrected chi connectivity index (χ4v) is 9.86. The zero-order valence-electron chi connectivity index (χ0n) is 39.7. The number of rotatable bonds is 8. The van der Waals surface area contributed by atoms with E-state index in [1.54, 1.807) is 0 Å². The quantitative estimate of drug-likeness (QED) is 0.143. The number of fused-ring (bicyclic) bond motifs is 5. The zero-order chi connectivity index (χ0) is 45.0. The van der Waals surface area contributed by atoms with Crippen molar-refractivity contribution >= 4 is 16.8 Å². The van der Waals surface area contributed by atoms with Crippen molar-refractivity contribution in [2.24, 2.45) is 0 Å². The van der Waals surface area contributed by atoms with Gasteiger partial charge in [-0.05, 0) is 153 Å². The van der Waals surface area contributed by atoms with Gasteiger partial charge in [-0.3, -0.25) is 0 Å². The van der Waals surface area contributed by atoms with Crippen LogP contribution in [0.15, 0.2) is 158 Å². The highest BCUT2D eigenvalue weighted by molar-refractivity contribution is 6.09. The summed E-state index contributed by atoms with van der Waals surface area (Å²) >= 11 is 0. The monoisotopic (exact) mass is 823 g/mol. The lowest BCUT2D eigenvalue weighted by Gasteiger charge is -2.23. The van der Waals surface area contributed by atoms with Crippen LogP contribution in [0.5, 0.6) is 0 Å². The summed E-state index contributed by atoms with van der Waals surface area (Å²) in [5.74, 6) is 0.296. The molecule has 8 aromatic carbocycles. The molecule has 8 aromatic rings. The largest absolute Gasteiger partial charge is 0.0984 e. The highest BCUT2D eigenvalue weighted by Crippen LogP contribution is 2.53. The summed E-state index contributed by atoms with van der Waals surface area (Å²) in [6, 6.07) is 56.5. The SMILES string of the molecule is C=Cc1ccc(C(C)c2ccc(CCC)c(-c3ccccc3C)c2)cc1-c1ccccc1C.CC.Cc1cc(C)cc(-c2cc3c(c4ccccc24)-c2ccc(C)cc2C3(C)C)c1. The molecule has 1 unspecified atom stereocenters. The maximum atomic E-state index is 4.06. The van der Waals surface area contributed by atoms with Gasteiger partial charge in [-0.2, -0.15) is 0 Å². The van der Waals surface area contributed by atoms with Gasteiger partial charge >= 0.3 is 0 Å². The van der Waals surface area contributed by atoms with Gasteiger partial charge in [-0.15, -0.1) is 0 Å². The van der Waals surface area contributed by atoms with Gasteiger partial charge in [0.1, 0.15) is 0 Å². The van der Waals surface area contributed by atoms with Crippen molar-refractivity contribution in [2.45, 2.75) is 100 Å². The highest BCUT2D eigenvalue weighted by atomic mass is 14.4. The molecule has 63 heavy (non-hydrogen) atoms. The smallest absolute Gasteiger partial charge is 0.0159 e. The van der Waals surface area contributed by atoms with E-state index in [1.165, 1.54) is 116 Å². The number of benzene rings is 8. The fraction of sp³-hybridized carbons (Fsp3) is 0.238. The van der Waals surface area contributed by atoms with Crippen molar-refractivity contribution < 1.29 is 0 Å². The van der Waals surface area contributed by atoms with Crippen molar-refractivity contribution in [3.8, 4) is 44.5 Å². The van der Waals surface area contributed by atoms with E-state index >= 15 is 0 Å². The average molecular weight is 823 g/mol. The molecule has 0 saturated heterocycles. The lowest BCUT2D eigenvalue weighted by molar-refractivity contribution is 0.660. The summed E-state index contributed by atoms with van der Waals surface area (Å²) in [5, 5.41) is 2.71. The van der Waals surface area contributed by atoms with Crippen LogP contribution >= 0.6 is 0 Å². The molecule has 0 amide bonds. The molecule has 9 rings (SSSR count). The third-order valence-electron chi connectivity index (χ3n) is 13.2. The van der Waals surface area contributed by atoms with Crippen LogP contribution in [0.2, 0.25) is 0 Å². The van der Waals surface area contributed by atoms with E-state index in [-0.39, 0.29) is 5.41 Å². The Balaban J connectivity index is 0.000000184. The van der Waals surface area contributed by atoms with Crippen LogP contribution in [0.25, 0.3) is 61.4 Å². The molecule has 318 valence electrons. The predicted octanol–water partition coefficient (Wildman–Crippen LogP) is 18.1. The highest BCUT2D eigenvalue weighted by Gasteiger charge is 2.37. The van der Waals surface area contributed by atoms with E-state index in [0.29, 0.717) is 5.92 Å². The Bertz CT molecular complexity index is 2910. The van der Waals surface area contributed by atoms with Crippen molar-refractivity contribution in [3.05, 3.63) is 219 Å². The van der Waals surface area contributed by atoms with Gasteiger partial charge in [0, 0.05) is 11.3 Å². The average Bonchev–Trinajstić information content (AvgIpc) is 3.51. The molecule has 0 bridgehead atoms. The van der Waals surface area contributed by atoms with Crippen LogP contribution in [0, 0.1) is 34.6 Å². The second-order valence-corrected chi connectivity index (χ2v) is 18.0. The molecule has 0 spiro atoms. The van der Waals surface area contributed by atoms with Gasteiger partial charge in [0.2, 0.25) is 0 Å². The molecule has 0 N–H and O–H groups in total. The maximum Gasteiger partial charge on any atom is 0.0159 e. The van der Waals surface area contributed by atoms with Crippen molar-refractivity contribution in [1.29, 1.82) is 0 Å². The van der Waals surface area contributed by atoms with Gasteiger partial charge in [-0.25, -0.2) is 0 Å². The summed E-state index contributed by atoms with van der Waals surface area (Å²) in [6.45, 7) is 28.3. The Morgan fingerprint density at radius 3 is 1.70 bits per heavy atom. The van der Waals surface area contributed by atoms with Crippen molar-refractivity contribution in [1.82, 2.24) is 0 Å². The first kappa shape index (κ1) is 44.8. The zero-order valence-corrected chi connectivity index (χ0v) is 39.7. The van der Waals surface area contributed by atoms with Crippen LogP contribution in [0.4, 0.5) is 0 Å². The Hall–Kier alpha value is -6.24. The Kier molecular flexibility index (Phi) is 13.5. The lowest BCUT2D eigenvalue weighted by Crippen LogP contribution is -2.15. The Morgan fingerprint density at radius 1 is 0.508 bits per heavy atom. The summed E-state index contributed by atoms with van der Waals surface area (Å²) in [6.07, 6.45) is 4.21. The number of hydrogen-bond donors (Lipinski definition) is 0. The normalized spacial score (nSPS) is 12.6. The lowest BCUT2D eigenvalue weighted by atomic mass is 9.80. The van der Waals surface area contributed by atoms with Crippen LogP contribution in [-0.4, -0.2) is 0 Å². The van der Waals surface area contributed by atoms with E-state index in [2.05, 4.69) is 221 Å². The van der Waals surface area contributed by atoms with Gasteiger partial charge < -0.3 is 0 Å². The van der Waals surface area contributed by atoms with E-state index in [1.807, 2.05) is 19.9 Å². The van der Waals surface area contributed by atoms with Gasteiger partial charge in [0.15, 0.2) is 0 Å². The molecular formula is C63H66. The standard InChI is InChI=1S/C33H34.C28H26.C2H6/c1-6-12-27-18-20-29(22-33(27)31-16-11-9-14-24(31)4)25(5)28-19-17-26(7-2)32(21-28)30-15-10-8-13-23(30)3;1-17-10-11-23-25(15-17)28(4,5)26-16-24(20-13-18(2)12-19(3)14-20)21-8-6-7-9-22(21)27(23)26;1-2/h7-11,13-22,25H,2,6,12H2,1,3-5H3;6-16H,1-5H3;1-2H3. The molecule has 0 aliphatic heterocycles. The molecule has 0 fully saturated rings. The number of hydrogen-bond acceptors (Lipinski definition) is 0.